The van der Waals surface area contributed by atoms with Crippen molar-refractivity contribution in [1.82, 2.24) is 9.80 Å². The molecule has 0 radical (unpaired) electrons. The molecule has 0 aromatic carbocycles. The summed E-state index contributed by atoms with van der Waals surface area (Å²) < 4.78 is 0. The number of nitrogens with two attached hydrogens (primary N) is 1. The third-order valence-corrected chi connectivity index (χ3v) is 4.62. The quantitative estimate of drug-likeness (QED) is 0.851. The van der Waals surface area contributed by atoms with Crippen LogP contribution in [-0.2, 0) is 9.59 Å². The first-order valence-corrected chi connectivity index (χ1v) is 8.33. The standard InChI is InChI=1S/C16H29N3O2/c1-12(2)11-14(17)16(21)18-9-6-13(7-10-18)19-8-4-3-5-15(19)20/h12-14H,3-11,17H2,1-2H3/t14-/m0/s1. The molecule has 2 saturated heterocycles. The highest BCUT2D eigenvalue weighted by Gasteiger charge is 2.32. The second-order valence-electron chi connectivity index (χ2n) is 6.84. The zero-order valence-electron chi connectivity index (χ0n) is 13.4. The molecular formula is C16H29N3O2. The van der Waals surface area contributed by atoms with E-state index in [-0.39, 0.29) is 11.9 Å². The monoisotopic (exact) mass is 295 g/mol. The van der Waals surface area contributed by atoms with Gasteiger partial charge in [0.25, 0.3) is 0 Å². The molecule has 2 N–H and O–H groups in total. The van der Waals surface area contributed by atoms with Crippen LogP contribution in [0.3, 0.4) is 0 Å². The third-order valence-electron chi connectivity index (χ3n) is 4.62. The minimum atomic E-state index is -0.377. The van der Waals surface area contributed by atoms with Gasteiger partial charge in [-0.15, -0.1) is 0 Å². The second-order valence-corrected chi connectivity index (χ2v) is 6.84. The molecule has 21 heavy (non-hydrogen) atoms. The van der Waals surface area contributed by atoms with Crippen molar-refractivity contribution in [2.45, 2.75) is 64.5 Å². The summed E-state index contributed by atoms with van der Waals surface area (Å²) in [5.74, 6) is 0.808. The second kappa shape index (κ2) is 7.25. The van der Waals surface area contributed by atoms with Crippen molar-refractivity contribution < 1.29 is 9.59 Å². The number of rotatable bonds is 4. The average molecular weight is 295 g/mol. The van der Waals surface area contributed by atoms with Gasteiger partial charge >= 0.3 is 0 Å². The summed E-state index contributed by atoms with van der Waals surface area (Å²) in [6, 6.07) is -0.0543. The van der Waals surface area contributed by atoms with E-state index in [1.807, 2.05) is 9.80 Å². The fourth-order valence-corrected chi connectivity index (χ4v) is 3.45. The molecule has 1 atom stereocenters. The van der Waals surface area contributed by atoms with Gasteiger partial charge in [0, 0.05) is 32.1 Å². The molecular weight excluding hydrogens is 266 g/mol. The number of hydrogen-bond acceptors (Lipinski definition) is 3. The summed E-state index contributed by atoms with van der Waals surface area (Å²) in [6.07, 6.45) is 5.36. The molecule has 2 fully saturated rings. The molecule has 0 aliphatic carbocycles. The van der Waals surface area contributed by atoms with Crippen LogP contribution in [0.25, 0.3) is 0 Å². The number of carbonyl (C=O) groups is 2. The van der Waals surface area contributed by atoms with Gasteiger partial charge in [-0.3, -0.25) is 9.59 Å². The van der Waals surface area contributed by atoms with Crippen LogP contribution in [0, 0.1) is 5.92 Å². The first-order valence-electron chi connectivity index (χ1n) is 8.33. The predicted octanol–water partition coefficient (Wildman–Crippen LogP) is 1.36. The maximum absolute atomic E-state index is 12.3. The number of nitrogens with zero attached hydrogens (tertiary/aromatic N) is 2. The Labute approximate surface area is 127 Å². The van der Waals surface area contributed by atoms with Crippen LogP contribution in [0.2, 0.25) is 0 Å². The highest BCUT2D eigenvalue weighted by atomic mass is 16.2. The predicted molar refractivity (Wildman–Crippen MR) is 82.6 cm³/mol. The Balaban J connectivity index is 1.82. The van der Waals surface area contributed by atoms with Crippen molar-refractivity contribution >= 4 is 11.8 Å². The molecule has 5 nitrogen and oxygen atoms in total. The Morgan fingerprint density at radius 2 is 1.90 bits per heavy atom. The lowest BCUT2D eigenvalue weighted by Crippen LogP contribution is -2.53. The van der Waals surface area contributed by atoms with Crippen LogP contribution in [0.4, 0.5) is 0 Å². The first kappa shape index (κ1) is 16.3. The zero-order valence-corrected chi connectivity index (χ0v) is 13.4. The number of hydrogen-bond donors (Lipinski definition) is 1. The average Bonchev–Trinajstić information content (AvgIpc) is 2.46. The highest BCUT2D eigenvalue weighted by Crippen LogP contribution is 2.22. The molecule has 2 aliphatic rings. The lowest BCUT2D eigenvalue weighted by Gasteiger charge is -2.40. The fourth-order valence-electron chi connectivity index (χ4n) is 3.45. The Morgan fingerprint density at radius 3 is 2.48 bits per heavy atom. The summed E-state index contributed by atoms with van der Waals surface area (Å²) in [7, 11) is 0. The Hall–Kier alpha value is -1.10. The van der Waals surface area contributed by atoms with Crippen molar-refractivity contribution in [2.24, 2.45) is 11.7 Å². The van der Waals surface area contributed by atoms with Gasteiger partial charge in [-0.1, -0.05) is 13.8 Å². The highest BCUT2D eigenvalue weighted by molar-refractivity contribution is 5.82. The largest absolute Gasteiger partial charge is 0.341 e. The number of piperidine rings is 2. The lowest BCUT2D eigenvalue weighted by molar-refractivity contribution is -0.139. The van der Waals surface area contributed by atoms with Gasteiger partial charge in [0.2, 0.25) is 11.8 Å². The van der Waals surface area contributed by atoms with E-state index in [2.05, 4.69) is 13.8 Å². The van der Waals surface area contributed by atoms with Crippen LogP contribution in [0.1, 0.15) is 52.4 Å². The number of likely N-dealkylation sites (tertiary alicyclic amines) is 2. The molecule has 2 aliphatic heterocycles. The van der Waals surface area contributed by atoms with Crippen LogP contribution in [0.15, 0.2) is 0 Å². The van der Waals surface area contributed by atoms with Gasteiger partial charge in [0.1, 0.15) is 0 Å². The molecule has 0 saturated carbocycles. The van der Waals surface area contributed by atoms with E-state index in [0.717, 1.165) is 51.7 Å². The molecule has 0 unspecified atom stereocenters. The van der Waals surface area contributed by atoms with Crippen LogP contribution in [-0.4, -0.2) is 53.3 Å². The van der Waals surface area contributed by atoms with Crippen LogP contribution < -0.4 is 5.73 Å². The van der Waals surface area contributed by atoms with Gasteiger partial charge < -0.3 is 15.5 Å². The molecule has 2 amide bonds. The smallest absolute Gasteiger partial charge is 0.239 e. The topological polar surface area (TPSA) is 66.6 Å². The Morgan fingerprint density at radius 1 is 1.24 bits per heavy atom. The summed E-state index contributed by atoms with van der Waals surface area (Å²) in [5.41, 5.74) is 5.99. The first-order chi connectivity index (χ1) is 9.99. The normalized spacial score (nSPS) is 22.8. The van der Waals surface area contributed by atoms with Gasteiger partial charge in [-0.2, -0.15) is 0 Å². The van der Waals surface area contributed by atoms with E-state index in [4.69, 9.17) is 5.73 Å². The third kappa shape index (κ3) is 4.19. The Kier molecular flexibility index (Phi) is 5.62. The van der Waals surface area contributed by atoms with E-state index in [9.17, 15) is 9.59 Å². The van der Waals surface area contributed by atoms with E-state index in [1.54, 1.807) is 0 Å². The maximum atomic E-state index is 12.3. The molecule has 5 heteroatoms. The van der Waals surface area contributed by atoms with Gasteiger partial charge in [-0.05, 0) is 38.0 Å². The molecule has 0 aromatic rings. The van der Waals surface area contributed by atoms with Gasteiger partial charge in [0.05, 0.1) is 6.04 Å². The van der Waals surface area contributed by atoms with Gasteiger partial charge in [-0.25, -0.2) is 0 Å². The fraction of sp³-hybridized carbons (Fsp3) is 0.875. The van der Waals surface area contributed by atoms with Crippen molar-refractivity contribution in [3.63, 3.8) is 0 Å². The molecule has 0 spiro atoms. The van der Waals surface area contributed by atoms with Crippen LogP contribution in [0.5, 0.6) is 0 Å². The zero-order chi connectivity index (χ0) is 15.4. The van der Waals surface area contributed by atoms with E-state index < -0.39 is 0 Å². The molecule has 2 heterocycles. The molecule has 120 valence electrons. The lowest BCUT2D eigenvalue weighted by atomic mass is 9.98. The summed E-state index contributed by atoms with van der Waals surface area (Å²) in [5, 5.41) is 0. The van der Waals surface area contributed by atoms with Crippen molar-refractivity contribution in [1.29, 1.82) is 0 Å². The summed E-state index contributed by atoms with van der Waals surface area (Å²) in [6.45, 7) is 6.53. The minimum Gasteiger partial charge on any atom is -0.341 e. The molecule has 2 rings (SSSR count). The number of carbonyl (C=O) groups excluding carboxylic acids is 2. The van der Waals surface area contributed by atoms with Crippen LogP contribution >= 0.6 is 0 Å². The van der Waals surface area contributed by atoms with Crippen molar-refractivity contribution in [3.8, 4) is 0 Å². The summed E-state index contributed by atoms with van der Waals surface area (Å²) >= 11 is 0. The van der Waals surface area contributed by atoms with E-state index in [0.29, 0.717) is 24.3 Å². The van der Waals surface area contributed by atoms with E-state index >= 15 is 0 Å². The maximum Gasteiger partial charge on any atom is 0.239 e. The SMILES string of the molecule is CC(C)C[C@H](N)C(=O)N1CCC(N2CCCCC2=O)CC1. The minimum absolute atomic E-state index is 0.0760. The molecule has 0 bridgehead atoms. The molecule has 0 aromatic heterocycles. The number of amides is 2. The van der Waals surface area contributed by atoms with Gasteiger partial charge in [0.15, 0.2) is 0 Å². The van der Waals surface area contributed by atoms with Crippen molar-refractivity contribution in [3.05, 3.63) is 0 Å². The summed E-state index contributed by atoms with van der Waals surface area (Å²) in [4.78, 5) is 28.2. The Bertz CT molecular complexity index is 376. The van der Waals surface area contributed by atoms with E-state index in [1.165, 1.54) is 0 Å². The van der Waals surface area contributed by atoms with Crippen molar-refractivity contribution in [2.75, 3.05) is 19.6 Å².